The summed E-state index contributed by atoms with van der Waals surface area (Å²) in [7, 11) is 0. The number of nitrogens with one attached hydrogen (secondary N) is 1. The summed E-state index contributed by atoms with van der Waals surface area (Å²) >= 11 is 1.18. The van der Waals surface area contributed by atoms with Gasteiger partial charge in [0.25, 0.3) is 0 Å². The van der Waals surface area contributed by atoms with Crippen molar-refractivity contribution in [2.24, 2.45) is 0 Å². The molecule has 0 aromatic carbocycles. The van der Waals surface area contributed by atoms with Crippen LogP contribution in [0.3, 0.4) is 0 Å². The second-order valence-corrected chi connectivity index (χ2v) is 5.92. The predicted molar refractivity (Wildman–Crippen MR) is 80.1 cm³/mol. The molecule has 0 fully saturated rings. The fourth-order valence-corrected chi connectivity index (χ4v) is 2.47. The Morgan fingerprint density at radius 1 is 1.21 bits per heavy atom. The number of hydrogen-bond acceptors (Lipinski definition) is 4. The molecule has 0 bridgehead atoms. The molecule has 5 heteroatoms. The Bertz CT molecular complexity index is 259. The van der Waals surface area contributed by atoms with Gasteiger partial charge in [0.1, 0.15) is 0 Å². The van der Waals surface area contributed by atoms with Crippen molar-refractivity contribution in [3.05, 3.63) is 0 Å². The first-order chi connectivity index (χ1) is 9.06. The molecule has 4 nitrogen and oxygen atoms in total. The molecule has 1 amide bonds. The number of unbranched alkanes of at least 4 members (excludes halogenated alkanes) is 4. The van der Waals surface area contributed by atoms with Crippen molar-refractivity contribution in [3.63, 3.8) is 0 Å². The van der Waals surface area contributed by atoms with Crippen LogP contribution in [0.25, 0.3) is 0 Å². The lowest BCUT2D eigenvalue weighted by Gasteiger charge is -2.09. The molecule has 0 aromatic rings. The van der Waals surface area contributed by atoms with E-state index in [-0.39, 0.29) is 17.4 Å². The van der Waals surface area contributed by atoms with Crippen molar-refractivity contribution in [3.8, 4) is 0 Å². The zero-order chi connectivity index (χ0) is 14.5. The van der Waals surface area contributed by atoms with E-state index in [1.54, 1.807) is 0 Å². The molecule has 112 valence electrons. The molecule has 0 aliphatic carbocycles. The van der Waals surface area contributed by atoms with Gasteiger partial charge < -0.3 is 10.4 Å². The molecule has 2 N–H and O–H groups in total. The third-order valence-corrected chi connectivity index (χ3v) is 3.68. The quantitative estimate of drug-likeness (QED) is 0.574. The standard InChI is InChI=1S/C14H27NO3S/c1-3-4-5-6-7-8-13(17)11-14(18)19-10-9-15-12(2)16/h13,17H,3-11H2,1-2H3,(H,15,16)/t13-/m1/s1. The van der Waals surface area contributed by atoms with Crippen LogP contribution in [0.2, 0.25) is 0 Å². The van der Waals surface area contributed by atoms with Crippen molar-refractivity contribution in [1.29, 1.82) is 0 Å². The molecule has 0 saturated carbocycles. The van der Waals surface area contributed by atoms with Gasteiger partial charge in [-0.2, -0.15) is 0 Å². The summed E-state index contributed by atoms with van der Waals surface area (Å²) in [6.45, 7) is 4.12. The number of carbonyl (C=O) groups is 2. The number of amides is 1. The third-order valence-electron chi connectivity index (χ3n) is 2.78. The molecule has 1 atom stereocenters. The fourth-order valence-electron chi connectivity index (χ4n) is 1.73. The van der Waals surface area contributed by atoms with Gasteiger partial charge in [-0.15, -0.1) is 0 Å². The highest BCUT2D eigenvalue weighted by Gasteiger charge is 2.10. The van der Waals surface area contributed by atoms with Crippen molar-refractivity contribution in [2.45, 2.75) is 64.9 Å². The average molecular weight is 289 g/mol. The highest BCUT2D eigenvalue weighted by atomic mass is 32.2. The largest absolute Gasteiger partial charge is 0.393 e. The molecule has 0 aliphatic heterocycles. The van der Waals surface area contributed by atoms with E-state index in [9.17, 15) is 14.7 Å². The summed E-state index contributed by atoms with van der Waals surface area (Å²) < 4.78 is 0. The van der Waals surface area contributed by atoms with Gasteiger partial charge in [0, 0.05) is 25.6 Å². The molecule has 0 radical (unpaired) electrons. The van der Waals surface area contributed by atoms with E-state index in [0.717, 1.165) is 12.8 Å². The number of rotatable bonds is 11. The second-order valence-electron chi connectivity index (χ2n) is 4.76. The SMILES string of the molecule is CCCCCCC[C@@H](O)CC(=O)SCCNC(C)=O. The van der Waals surface area contributed by atoms with E-state index in [1.165, 1.54) is 37.9 Å². The second kappa shape index (κ2) is 12.5. The number of aliphatic hydroxyl groups is 1. The molecule has 0 aromatic heterocycles. The summed E-state index contributed by atoms with van der Waals surface area (Å²) in [5.41, 5.74) is 0. The Morgan fingerprint density at radius 3 is 2.53 bits per heavy atom. The van der Waals surface area contributed by atoms with E-state index in [4.69, 9.17) is 0 Å². The Morgan fingerprint density at radius 2 is 1.89 bits per heavy atom. The Balaban J connectivity index is 3.44. The normalized spacial score (nSPS) is 12.2. The first-order valence-electron chi connectivity index (χ1n) is 7.14. The molecule has 0 rings (SSSR count). The van der Waals surface area contributed by atoms with Gasteiger partial charge in [0.2, 0.25) is 5.91 Å². The highest BCUT2D eigenvalue weighted by molar-refractivity contribution is 8.13. The minimum Gasteiger partial charge on any atom is -0.393 e. The van der Waals surface area contributed by atoms with Crippen molar-refractivity contribution in [2.75, 3.05) is 12.3 Å². The van der Waals surface area contributed by atoms with Crippen LogP contribution >= 0.6 is 11.8 Å². The van der Waals surface area contributed by atoms with Gasteiger partial charge in [-0.05, 0) is 6.42 Å². The summed E-state index contributed by atoms with van der Waals surface area (Å²) in [6, 6.07) is 0. The van der Waals surface area contributed by atoms with E-state index < -0.39 is 6.10 Å². The van der Waals surface area contributed by atoms with Crippen LogP contribution in [0.5, 0.6) is 0 Å². The maximum absolute atomic E-state index is 11.5. The molecule has 19 heavy (non-hydrogen) atoms. The number of aliphatic hydroxyl groups excluding tert-OH is 1. The van der Waals surface area contributed by atoms with Gasteiger partial charge >= 0.3 is 0 Å². The van der Waals surface area contributed by atoms with E-state index in [0.29, 0.717) is 18.7 Å². The summed E-state index contributed by atoms with van der Waals surface area (Å²) in [5.74, 6) is 0.488. The van der Waals surface area contributed by atoms with Crippen LogP contribution in [0.15, 0.2) is 0 Å². The van der Waals surface area contributed by atoms with Gasteiger partial charge in [-0.1, -0.05) is 50.8 Å². The van der Waals surface area contributed by atoms with Crippen LogP contribution in [0.4, 0.5) is 0 Å². The molecule has 0 spiro atoms. The van der Waals surface area contributed by atoms with Crippen molar-refractivity contribution >= 4 is 22.8 Å². The predicted octanol–water partition coefficient (Wildman–Crippen LogP) is 2.49. The summed E-state index contributed by atoms with van der Waals surface area (Å²) in [4.78, 5) is 22.1. The zero-order valence-corrected chi connectivity index (χ0v) is 12.9. The first kappa shape index (κ1) is 18.4. The summed E-state index contributed by atoms with van der Waals surface area (Å²) in [5, 5.41) is 12.4. The van der Waals surface area contributed by atoms with Gasteiger partial charge in [-0.3, -0.25) is 9.59 Å². The van der Waals surface area contributed by atoms with E-state index in [2.05, 4.69) is 12.2 Å². The monoisotopic (exact) mass is 289 g/mol. The van der Waals surface area contributed by atoms with Crippen molar-refractivity contribution < 1.29 is 14.7 Å². The molecular formula is C14H27NO3S. The molecule has 0 unspecified atom stereocenters. The van der Waals surface area contributed by atoms with Crippen LogP contribution < -0.4 is 5.32 Å². The van der Waals surface area contributed by atoms with Gasteiger partial charge in [-0.25, -0.2) is 0 Å². The number of carbonyl (C=O) groups excluding carboxylic acids is 2. The number of thioether (sulfide) groups is 1. The third kappa shape index (κ3) is 13.7. The van der Waals surface area contributed by atoms with E-state index in [1.807, 2.05) is 0 Å². The van der Waals surface area contributed by atoms with Crippen molar-refractivity contribution in [1.82, 2.24) is 5.32 Å². The number of hydrogen-bond donors (Lipinski definition) is 2. The van der Waals surface area contributed by atoms with Crippen LogP contribution in [-0.2, 0) is 9.59 Å². The van der Waals surface area contributed by atoms with Crippen LogP contribution in [0, 0.1) is 0 Å². The topological polar surface area (TPSA) is 66.4 Å². The zero-order valence-electron chi connectivity index (χ0n) is 12.1. The highest BCUT2D eigenvalue weighted by Crippen LogP contribution is 2.13. The minimum absolute atomic E-state index is 0.00594. The molecule has 0 aliphatic rings. The molecular weight excluding hydrogens is 262 g/mol. The lowest BCUT2D eigenvalue weighted by molar-refractivity contribution is -0.119. The lowest BCUT2D eigenvalue weighted by atomic mass is 10.1. The van der Waals surface area contributed by atoms with Crippen LogP contribution in [-0.4, -0.2) is 34.5 Å². The maximum Gasteiger partial charge on any atom is 0.216 e. The van der Waals surface area contributed by atoms with E-state index >= 15 is 0 Å². The first-order valence-corrected chi connectivity index (χ1v) is 8.13. The lowest BCUT2D eigenvalue weighted by Crippen LogP contribution is -2.23. The Kier molecular flexibility index (Phi) is 12.1. The van der Waals surface area contributed by atoms with Gasteiger partial charge in [0.05, 0.1) is 6.10 Å². The van der Waals surface area contributed by atoms with Gasteiger partial charge in [0.15, 0.2) is 5.12 Å². The smallest absolute Gasteiger partial charge is 0.216 e. The fraction of sp³-hybridized carbons (Fsp3) is 0.857. The minimum atomic E-state index is -0.512. The molecule has 0 saturated heterocycles. The molecule has 0 heterocycles. The summed E-state index contributed by atoms with van der Waals surface area (Å²) in [6.07, 6.45) is 6.21. The Hall–Kier alpha value is -0.550. The maximum atomic E-state index is 11.5. The Labute approximate surface area is 120 Å². The average Bonchev–Trinajstić information content (AvgIpc) is 2.34. The van der Waals surface area contributed by atoms with Crippen LogP contribution in [0.1, 0.15) is 58.8 Å².